The zero-order valence-electron chi connectivity index (χ0n) is 11.6. The monoisotopic (exact) mass is 348 g/mol. The highest BCUT2D eigenvalue weighted by Gasteiger charge is 2.10. The Balaban J connectivity index is 2.10. The predicted molar refractivity (Wildman–Crippen MR) is 86.1 cm³/mol. The molecule has 6 heteroatoms. The molecule has 0 aliphatic carbocycles. The molecule has 2 rings (SSSR count). The van der Waals surface area contributed by atoms with E-state index in [0.29, 0.717) is 12.2 Å². The molecule has 0 bridgehead atoms. The molecule has 2 aromatic rings. The topological polar surface area (TPSA) is 83.5 Å². The molecule has 110 valence electrons. The van der Waals surface area contributed by atoms with Crippen molar-refractivity contribution in [1.29, 1.82) is 0 Å². The normalized spacial score (nSPS) is 13.1. The second kappa shape index (κ2) is 7.19. The first-order chi connectivity index (χ1) is 10.1. The first-order valence-electron chi connectivity index (χ1n) is 6.52. The van der Waals surface area contributed by atoms with Gasteiger partial charge in [0.25, 0.3) is 0 Å². The summed E-state index contributed by atoms with van der Waals surface area (Å²) in [5, 5.41) is 15.2. The molecule has 5 nitrogen and oxygen atoms in total. The number of rotatable bonds is 5. The average molecular weight is 349 g/mol. The van der Waals surface area contributed by atoms with E-state index in [4.69, 9.17) is 10.9 Å². The van der Waals surface area contributed by atoms with E-state index in [0.717, 1.165) is 10.0 Å². The van der Waals surface area contributed by atoms with Gasteiger partial charge in [-0.25, -0.2) is 0 Å². The van der Waals surface area contributed by atoms with Crippen molar-refractivity contribution in [3.05, 3.63) is 63.9 Å². The summed E-state index contributed by atoms with van der Waals surface area (Å²) < 4.78 is 1.05. The zero-order chi connectivity index (χ0) is 15.2. The van der Waals surface area contributed by atoms with Gasteiger partial charge in [-0.15, -0.1) is 0 Å². The van der Waals surface area contributed by atoms with Crippen LogP contribution in [0.25, 0.3) is 0 Å². The number of benzene rings is 1. The Morgan fingerprint density at radius 1 is 1.43 bits per heavy atom. The number of pyridine rings is 1. The summed E-state index contributed by atoms with van der Waals surface area (Å²) in [5.74, 6) is 0.0162. The third-order valence-corrected chi connectivity index (χ3v) is 3.68. The molecule has 21 heavy (non-hydrogen) atoms. The molecule has 1 aromatic heterocycles. The Bertz CT molecular complexity index is 645. The van der Waals surface area contributed by atoms with Gasteiger partial charge in [0.1, 0.15) is 5.69 Å². The molecule has 1 heterocycles. The molecular formula is C15H17BrN4O. The number of nitrogens with zero attached hydrogens (tertiary/aromatic N) is 2. The van der Waals surface area contributed by atoms with Gasteiger partial charge in [0.05, 0.1) is 0 Å². The predicted octanol–water partition coefficient (Wildman–Crippen LogP) is 2.79. The van der Waals surface area contributed by atoms with Crippen LogP contribution < -0.4 is 11.1 Å². The summed E-state index contributed by atoms with van der Waals surface area (Å²) in [6.07, 6.45) is 1.62. The van der Waals surface area contributed by atoms with Crippen LogP contribution in [0.3, 0.4) is 0 Å². The molecule has 0 amide bonds. The lowest BCUT2D eigenvalue weighted by molar-refractivity contribution is 0.318. The summed E-state index contributed by atoms with van der Waals surface area (Å²) >= 11 is 3.47. The quantitative estimate of drug-likeness (QED) is 0.335. The molecule has 0 aliphatic rings. The van der Waals surface area contributed by atoms with Crippen molar-refractivity contribution in [2.45, 2.75) is 19.5 Å². The molecule has 0 aliphatic heterocycles. The summed E-state index contributed by atoms with van der Waals surface area (Å²) in [6, 6.07) is 12.0. The number of aromatic nitrogens is 1. The molecule has 1 atom stereocenters. The molecule has 0 saturated carbocycles. The maximum Gasteiger partial charge on any atom is 0.189 e. The van der Waals surface area contributed by atoms with Crippen LogP contribution in [0.2, 0.25) is 0 Å². The number of hydrogen-bond acceptors (Lipinski definition) is 4. The van der Waals surface area contributed by atoms with Crippen LogP contribution in [0.15, 0.2) is 52.2 Å². The molecular weight excluding hydrogens is 332 g/mol. The Kier molecular flexibility index (Phi) is 5.30. The van der Waals surface area contributed by atoms with Gasteiger partial charge in [0, 0.05) is 23.3 Å². The van der Waals surface area contributed by atoms with Crippen molar-refractivity contribution in [3.63, 3.8) is 0 Å². The van der Waals surface area contributed by atoms with Crippen molar-refractivity contribution in [1.82, 2.24) is 10.3 Å². The zero-order valence-corrected chi connectivity index (χ0v) is 13.2. The van der Waals surface area contributed by atoms with Gasteiger partial charge in [0.15, 0.2) is 5.84 Å². The lowest BCUT2D eigenvalue weighted by Crippen LogP contribution is -2.23. The second-order valence-electron chi connectivity index (χ2n) is 4.65. The molecule has 1 aromatic carbocycles. The SMILES string of the molecule is C[C@H](NCc1cccnc1/C(N)=N/O)c1cccc(Br)c1. The Morgan fingerprint density at radius 3 is 2.95 bits per heavy atom. The van der Waals surface area contributed by atoms with Crippen molar-refractivity contribution < 1.29 is 5.21 Å². The molecule has 0 saturated heterocycles. The standard InChI is InChI=1S/C15H17BrN4O/c1-10(11-4-2-6-13(16)8-11)19-9-12-5-3-7-18-14(12)15(17)20-21/h2-8,10,19,21H,9H2,1H3,(H2,17,20)/t10-/m0/s1. The number of amidine groups is 1. The van der Waals surface area contributed by atoms with Crippen LogP contribution in [0.1, 0.15) is 29.8 Å². The highest BCUT2D eigenvalue weighted by atomic mass is 79.9. The third-order valence-electron chi connectivity index (χ3n) is 3.19. The fourth-order valence-electron chi connectivity index (χ4n) is 2.02. The van der Waals surface area contributed by atoms with Crippen LogP contribution in [-0.2, 0) is 6.54 Å². The van der Waals surface area contributed by atoms with Gasteiger partial charge in [0.2, 0.25) is 0 Å². The van der Waals surface area contributed by atoms with Gasteiger partial charge >= 0.3 is 0 Å². The van der Waals surface area contributed by atoms with Crippen LogP contribution in [0, 0.1) is 0 Å². The van der Waals surface area contributed by atoms with Gasteiger partial charge in [-0.1, -0.05) is 39.3 Å². The number of hydrogen-bond donors (Lipinski definition) is 3. The lowest BCUT2D eigenvalue weighted by Gasteiger charge is -2.15. The van der Waals surface area contributed by atoms with Crippen LogP contribution in [0.4, 0.5) is 0 Å². The summed E-state index contributed by atoms with van der Waals surface area (Å²) in [4.78, 5) is 4.15. The van der Waals surface area contributed by atoms with E-state index >= 15 is 0 Å². The number of nitrogens with two attached hydrogens (primary N) is 1. The van der Waals surface area contributed by atoms with E-state index in [1.165, 1.54) is 5.56 Å². The first kappa shape index (κ1) is 15.5. The maximum atomic E-state index is 8.80. The highest BCUT2D eigenvalue weighted by molar-refractivity contribution is 9.10. The van der Waals surface area contributed by atoms with Crippen molar-refractivity contribution in [3.8, 4) is 0 Å². The van der Waals surface area contributed by atoms with E-state index in [9.17, 15) is 0 Å². The number of nitrogens with one attached hydrogen (secondary N) is 1. The van der Waals surface area contributed by atoms with E-state index in [1.807, 2.05) is 24.3 Å². The number of halogens is 1. The average Bonchev–Trinajstić information content (AvgIpc) is 2.52. The minimum absolute atomic E-state index is 0.0162. The van der Waals surface area contributed by atoms with Gasteiger partial charge in [-0.2, -0.15) is 0 Å². The van der Waals surface area contributed by atoms with E-state index in [-0.39, 0.29) is 11.9 Å². The molecule has 4 N–H and O–H groups in total. The molecule has 0 unspecified atom stereocenters. The summed E-state index contributed by atoms with van der Waals surface area (Å²) in [7, 11) is 0. The minimum atomic E-state index is 0.0162. The van der Waals surface area contributed by atoms with Gasteiger partial charge < -0.3 is 16.3 Å². The van der Waals surface area contributed by atoms with Crippen molar-refractivity contribution in [2.75, 3.05) is 0 Å². The number of oxime groups is 1. The Labute approximate surface area is 132 Å². The van der Waals surface area contributed by atoms with Gasteiger partial charge in [-0.3, -0.25) is 4.98 Å². The first-order valence-corrected chi connectivity index (χ1v) is 7.31. The summed E-state index contributed by atoms with van der Waals surface area (Å²) in [6.45, 7) is 2.66. The largest absolute Gasteiger partial charge is 0.409 e. The fraction of sp³-hybridized carbons (Fsp3) is 0.200. The maximum absolute atomic E-state index is 8.80. The van der Waals surface area contributed by atoms with Crippen molar-refractivity contribution in [2.24, 2.45) is 10.9 Å². The van der Waals surface area contributed by atoms with Crippen LogP contribution >= 0.6 is 15.9 Å². The second-order valence-corrected chi connectivity index (χ2v) is 5.57. The van der Waals surface area contributed by atoms with Gasteiger partial charge in [-0.05, 0) is 36.2 Å². The summed E-state index contributed by atoms with van der Waals surface area (Å²) in [5.41, 5.74) is 8.19. The Morgan fingerprint density at radius 2 is 2.24 bits per heavy atom. The Hall–Kier alpha value is -1.92. The van der Waals surface area contributed by atoms with Crippen LogP contribution in [0.5, 0.6) is 0 Å². The minimum Gasteiger partial charge on any atom is -0.409 e. The fourth-order valence-corrected chi connectivity index (χ4v) is 2.43. The molecule has 0 spiro atoms. The van der Waals surface area contributed by atoms with E-state index in [2.05, 4.69) is 50.4 Å². The highest BCUT2D eigenvalue weighted by Crippen LogP contribution is 2.18. The molecule has 0 fully saturated rings. The van der Waals surface area contributed by atoms with E-state index in [1.54, 1.807) is 6.20 Å². The third kappa shape index (κ3) is 4.03. The van der Waals surface area contributed by atoms with Crippen LogP contribution in [-0.4, -0.2) is 16.0 Å². The smallest absolute Gasteiger partial charge is 0.189 e. The van der Waals surface area contributed by atoms with Crippen molar-refractivity contribution >= 4 is 21.8 Å². The molecule has 0 radical (unpaired) electrons. The lowest BCUT2D eigenvalue weighted by atomic mass is 10.1. The van der Waals surface area contributed by atoms with E-state index < -0.39 is 0 Å².